The Balaban J connectivity index is 2.34. The Hall–Kier alpha value is -1.39. The van der Waals surface area contributed by atoms with Crippen molar-refractivity contribution in [3.63, 3.8) is 0 Å². The van der Waals surface area contributed by atoms with E-state index in [9.17, 15) is 4.79 Å². The number of nitrogens with one attached hydrogen (secondary N) is 1. The molecular formula is C14H21N3O. The van der Waals surface area contributed by atoms with Gasteiger partial charge in [0.25, 0.3) is 0 Å². The maximum Gasteiger partial charge on any atom is 0.242 e. The van der Waals surface area contributed by atoms with Gasteiger partial charge >= 0.3 is 0 Å². The van der Waals surface area contributed by atoms with Gasteiger partial charge in [-0.3, -0.25) is 9.69 Å². The van der Waals surface area contributed by atoms with Crippen LogP contribution < -0.4 is 11.1 Å². The lowest BCUT2D eigenvalue weighted by Crippen LogP contribution is -2.54. The zero-order valence-electron chi connectivity index (χ0n) is 10.9. The molecule has 0 bridgehead atoms. The minimum atomic E-state index is -0.715. The van der Waals surface area contributed by atoms with Crippen LogP contribution in [0.3, 0.4) is 0 Å². The number of nitrogens with two attached hydrogens (primary N) is 1. The fourth-order valence-corrected chi connectivity index (χ4v) is 2.54. The third-order valence-electron chi connectivity index (χ3n) is 3.79. The van der Waals surface area contributed by atoms with Crippen LogP contribution in [0.15, 0.2) is 30.3 Å². The monoisotopic (exact) mass is 247 g/mol. The zero-order valence-corrected chi connectivity index (χ0v) is 10.9. The highest BCUT2D eigenvalue weighted by atomic mass is 16.1. The van der Waals surface area contributed by atoms with Gasteiger partial charge in [0.2, 0.25) is 5.91 Å². The number of nitrogens with zero attached hydrogens (tertiary/aromatic N) is 1. The Kier molecular flexibility index (Phi) is 3.99. The molecule has 1 amide bonds. The molecule has 3 N–H and O–H groups in total. The van der Waals surface area contributed by atoms with Gasteiger partial charge in [-0.25, -0.2) is 0 Å². The van der Waals surface area contributed by atoms with Crippen LogP contribution in [0.2, 0.25) is 0 Å². The SMILES string of the molecule is CC(C(N)=O)(c1ccccc1)N1CCCNCC1. The predicted octanol–water partition coefficient (Wildman–Crippen LogP) is 0.682. The Labute approximate surface area is 108 Å². The van der Waals surface area contributed by atoms with Crippen LogP contribution in [0.25, 0.3) is 0 Å². The molecule has 1 aliphatic heterocycles. The molecule has 1 saturated heterocycles. The summed E-state index contributed by atoms with van der Waals surface area (Å²) in [5, 5.41) is 3.35. The van der Waals surface area contributed by atoms with Crippen molar-refractivity contribution in [3.8, 4) is 0 Å². The number of hydrogen-bond acceptors (Lipinski definition) is 3. The molecule has 18 heavy (non-hydrogen) atoms. The number of carbonyl (C=O) groups excluding carboxylic acids is 1. The van der Waals surface area contributed by atoms with Gasteiger partial charge in [0, 0.05) is 19.6 Å². The van der Waals surface area contributed by atoms with Crippen LogP contribution >= 0.6 is 0 Å². The number of carbonyl (C=O) groups is 1. The van der Waals surface area contributed by atoms with E-state index in [1.165, 1.54) is 0 Å². The van der Waals surface area contributed by atoms with Crippen LogP contribution in [0.4, 0.5) is 0 Å². The zero-order chi connectivity index (χ0) is 13.0. The van der Waals surface area contributed by atoms with Crippen LogP contribution in [-0.4, -0.2) is 37.0 Å². The molecule has 2 rings (SSSR count). The summed E-state index contributed by atoms with van der Waals surface area (Å²) >= 11 is 0. The fourth-order valence-electron chi connectivity index (χ4n) is 2.54. The second-order valence-electron chi connectivity index (χ2n) is 4.89. The highest BCUT2D eigenvalue weighted by Gasteiger charge is 2.39. The number of hydrogen-bond donors (Lipinski definition) is 2. The molecule has 1 aromatic rings. The maximum absolute atomic E-state index is 12.0. The van der Waals surface area contributed by atoms with E-state index in [2.05, 4.69) is 10.2 Å². The molecule has 4 heteroatoms. The molecule has 0 radical (unpaired) electrons. The average Bonchev–Trinajstić information content (AvgIpc) is 2.67. The van der Waals surface area contributed by atoms with Gasteiger partial charge in [0.05, 0.1) is 0 Å². The highest BCUT2D eigenvalue weighted by Crippen LogP contribution is 2.28. The highest BCUT2D eigenvalue weighted by molar-refractivity contribution is 5.85. The van der Waals surface area contributed by atoms with Crippen molar-refractivity contribution in [3.05, 3.63) is 35.9 Å². The van der Waals surface area contributed by atoms with Gasteiger partial charge < -0.3 is 11.1 Å². The quantitative estimate of drug-likeness (QED) is 0.826. The summed E-state index contributed by atoms with van der Waals surface area (Å²) in [5.41, 5.74) is 5.94. The summed E-state index contributed by atoms with van der Waals surface area (Å²) in [7, 11) is 0. The van der Waals surface area contributed by atoms with Crippen molar-refractivity contribution in [1.82, 2.24) is 10.2 Å². The van der Waals surface area contributed by atoms with E-state index in [0.717, 1.165) is 38.2 Å². The van der Waals surface area contributed by atoms with E-state index in [-0.39, 0.29) is 5.91 Å². The van der Waals surface area contributed by atoms with Crippen molar-refractivity contribution in [2.75, 3.05) is 26.2 Å². The Morgan fingerprint density at radius 1 is 1.28 bits per heavy atom. The molecule has 0 saturated carbocycles. The first-order chi connectivity index (χ1) is 8.65. The smallest absolute Gasteiger partial charge is 0.242 e. The minimum absolute atomic E-state index is 0.282. The normalized spacial score (nSPS) is 20.9. The summed E-state index contributed by atoms with van der Waals surface area (Å²) in [5.74, 6) is -0.282. The Morgan fingerprint density at radius 2 is 2.00 bits per heavy atom. The summed E-state index contributed by atoms with van der Waals surface area (Å²) in [6.07, 6.45) is 1.04. The standard InChI is InChI=1S/C14H21N3O/c1-14(13(15)18,12-6-3-2-4-7-12)17-10-5-8-16-9-11-17/h2-4,6-7,16H,5,8-11H2,1H3,(H2,15,18). The Bertz CT molecular complexity index is 399. The molecule has 1 fully saturated rings. The maximum atomic E-state index is 12.0. The molecule has 0 aromatic heterocycles. The van der Waals surface area contributed by atoms with E-state index in [1.807, 2.05) is 37.3 Å². The molecule has 0 aliphatic carbocycles. The van der Waals surface area contributed by atoms with Gasteiger partial charge in [0.15, 0.2) is 0 Å². The molecule has 1 aliphatic rings. The lowest BCUT2D eigenvalue weighted by molar-refractivity contribution is -0.129. The fraction of sp³-hybridized carbons (Fsp3) is 0.500. The summed E-state index contributed by atoms with van der Waals surface area (Å²) in [4.78, 5) is 14.2. The molecular weight excluding hydrogens is 226 g/mol. The minimum Gasteiger partial charge on any atom is -0.368 e. The van der Waals surface area contributed by atoms with Crippen molar-refractivity contribution >= 4 is 5.91 Å². The van der Waals surface area contributed by atoms with Gasteiger partial charge in [-0.2, -0.15) is 0 Å². The van der Waals surface area contributed by atoms with Crippen molar-refractivity contribution < 1.29 is 4.79 Å². The average molecular weight is 247 g/mol. The first-order valence-corrected chi connectivity index (χ1v) is 6.47. The van der Waals surface area contributed by atoms with E-state index in [0.29, 0.717) is 0 Å². The topological polar surface area (TPSA) is 58.4 Å². The molecule has 1 aromatic carbocycles. The van der Waals surface area contributed by atoms with Crippen LogP contribution in [0.5, 0.6) is 0 Å². The molecule has 98 valence electrons. The lowest BCUT2D eigenvalue weighted by Gasteiger charge is -2.38. The van der Waals surface area contributed by atoms with E-state index < -0.39 is 5.54 Å². The largest absolute Gasteiger partial charge is 0.368 e. The van der Waals surface area contributed by atoms with Crippen LogP contribution in [-0.2, 0) is 10.3 Å². The van der Waals surface area contributed by atoms with Crippen molar-refractivity contribution in [2.24, 2.45) is 5.73 Å². The summed E-state index contributed by atoms with van der Waals surface area (Å²) < 4.78 is 0. The van der Waals surface area contributed by atoms with Gasteiger partial charge in [-0.15, -0.1) is 0 Å². The molecule has 1 unspecified atom stereocenters. The number of benzene rings is 1. The van der Waals surface area contributed by atoms with Gasteiger partial charge in [0.1, 0.15) is 5.54 Å². The van der Waals surface area contributed by atoms with Crippen molar-refractivity contribution in [1.29, 1.82) is 0 Å². The van der Waals surface area contributed by atoms with Crippen LogP contribution in [0.1, 0.15) is 18.9 Å². The van der Waals surface area contributed by atoms with E-state index in [4.69, 9.17) is 5.73 Å². The first kappa shape index (κ1) is 13.1. The van der Waals surface area contributed by atoms with Crippen LogP contribution in [0, 0.1) is 0 Å². The lowest BCUT2D eigenvalue weighted by atomic mass is 9.89. The second-order valence-corrected chi connectivity index (χ2v) is 4.89. The third-order valence-corrected chi connectivity index (χ3v) is 3.79. The first-order valence-electron chi connectivity index (χ1n) is 6.47. The predicted molar refractivity (Wildman–Crippen MR) is 72.0 cm³/mol. The number of amides is 1. The van der Waals surface area contributed by atoms with Gasteiger partial charge in [-0.05, 0) is 25.5 Å². The molecule has 1 heterocycles. The third kappa shape index (κ3) is 2.40. The Morgan fingerprint density at radius 3 is 2.67 bits per heavy atom. The molecule has 4 nitrogen and oxygen atoms in total. The van der Waals surface area contributed by atoms with E-state index in [1.54, 1.807) is 0 Å². The van der Waals surface area contributed by atoms with Gasteiger partial charge in [-0.1, -0.05) is 30.3 Å². The summed E-state index contributed by atoms with van der Waals surface area (Å²) in [6, 6.07) is 9.81. The molecule has 1 atom stereocenters. The van der Waals surface area contributed by atoms with E-state index >= 15 is 0 Å². The number of rotatable bonds is 3. The second kappa shape index (κ2) is 5.50. The number of primary amides is 1. The van der Waals surface area contributed by atoms with Crippen molar-refractivity contribution in [2.45, 2.75) is 18.9 Å². The summed E-state index contributed by atoms with van der Waals surface area (Å²) in [6.45, 7) is 5.56. The molecule has 0 spiro atoms.